The Kier molecular flexibility index (Phi) is 10.2. The van der Waals surface area contributed by atoms with E-state index in [-0.39, 0.29) is 10.8 Å². The molecule has 1 saturated heterocycles. The van der Waals surface area contributed by atoms with Crippen LogP contribution in [0.15, 0.2) is 46.2 Å². The van der Waals surface area contributed by atoms with Gasteiger partial charge in [0.2, 0.25) is 0 Å². The lowest BCUT2D eigenvalue weighted by Gasteiger charge is -2.35. The van der Waals surface area contributed by atoms with Gasteiger partial charge >= 0.3 is 0 Å². The van der Waals surface area contributed by atoms with Gasteiger partial charge in [0.1, 0.15) is 6.54 Å². The van der Waals surface area contributed by atoms with E-state index in [9.17, 15) is 0 Å². The topological polar surface area (TPSA) is 6.25 Å². The van der Waals surface area contributed by atoms with Gasteiger partial charge in [-0.05, 0) is 94.8 Å². The van der Waals surface area contributed by atoms with Gasteiger partial charge in [0.15, 0.2) is 11.8 Å². The van der Waals surface area contributed by atoms with Crippen molar-refractivity contribution >= 4 is 17.3 Å². The molecule has 5 unspecified atom stereocenters. The molecule has 3 heteroatoms. The zero-order chi connectivity index (χ0) is 30.1. The molecule has 0 radical (unpaired) electrons. The summed E-state index contributed by atoms with van der Waals surface area (Å²) in [6.07, 6.45) is 28.0. The molecule has 234 valence electrons. The van der Waals surface area contributed by atoms with Crippen LogP contribution in [0, 0.1) is 28.6 Å². The Labute approximate surface area is 264 Å². The summed E-state index contributed by atoms with van der Waals surface area (Å²) in [6.45, 7) is 19.5. The van der Waals surface area contributed by atoms with Crippen LogP contribution in [0.4, 0.5) is 0 Å². The number of halogens is 1. The first-order chi connectivity index (χ1) is 20.2. The van der Waals surface area contributed by atoms with Crippen molar-refractivity contribution in [3.63, 3.8) is 0 Å². The number of nitrogens with zero attached hydrogens (tertiary/aromatic N) is 2. The molecule has 2 aliphatic heterocycles. The maximum atomic E-state index is 7.26. The number of hydrogen-bond donors (Lipinski definition) is 0. The third-order valence-corrected chi connectivity index (χ3v) is 12.7. The first kappa shape index (κ1) is 32.1. The zero-order valence-corrected chi connectivity index (χ0v) is 29.0. The van der Waals surface area contributed by atoms with Gasteiger partial charge < -0.3 is 4.90 Å². The van der Waals surface area contributed by atoms with Crippen LogP contribution in [-0.4, -0.2) is 40.4 Å². The van der Waals surface area contributed by atoms with E-state index in [4.69, 9.17) is 11.6 Å². The van der Waals surface area contributed by atoms with E-state index in [1.807, 2.05) is 0 Å². The lowest BCUT2D eigenvalue weighted by atomic mass is 9.65. The maximum absolute atomic E-state index is 7.26. The minimum absolute atomic E-state index is 0.223. The van der Waals surface area contributed by atoms with Gasteiger partial charge in [0.25, 0.3) is 0 Å². The van der Waals surface area contributed by atoms with Gasteiger partial charge in [0, 0.05) is 53.1 Å². The Morgan fingerprint density at radius 1 is 0.810 bits per heavy atom. The predicted molar refractivity (Wildman–Crippen MR) is 182 cm³/mol. The summed E-state index contributed by atoms with van der Waals surface area (Å²) >= 11 is 7.26. The Hall–Kier alpha value is -1.28. The molecular formula is C39H62ClN2+. The minimum atomic E-state index is 0.223. The van der Waals surface area contributed by atoms with E-state index in [0.29, 0.717) is 0 Å². The Bertz CT molecular complexity index is 1130. The van der Waals surface area contributed by atoms with E-state index in [1.165, 1.54) is 101 Å². The molecule has 3 fully saturated rings. The molecule has 2 nitrogen and oxygen atoms in total. The normalized spacial score (nSPS) is 34.7. The van der Waals surface area contributed by atoms with Gasteiger partial charge in [-0.25, -0.2) is 4.58 Å². The lowest BCUT2D eigenvalue weighted by Crippen LogP contribution is -2.41. The van der Waals surface area contributed by atoms with Gasteiger partial charge in [-0.3, -0.25) is 0 Å². The summed E-state index contributed by atoms with van der Waals surface area (Å²) in [7, 11) is 0. The number of rotatable bonds is 9. The fourth-order valence-electron chi connectivity index (χ4n) is 10.2. The summed E-state index contributed by atoms with van der Waals surface area (Å²) in [4.78, 5) is 2.79. The number of fused-ring (bicyclic) bond motifs is 2. The highest BCUT2D eigenvalue weighted by Gasteiger charge is 2.57. The molecule has 0 amide bonds. The van der Waals surface area contributed by atoms with E-state index in [2.05, 4.69) is 82.2 Å². The number of hydrogen-bond acceptors (Lipinski definition) is 1. The smallest absolute Gasteiger partial charge is 0.182 e. The van der Waals surface area contributed by atoms with Crippen molar-refractivity contribution in [2.75, 3.05) is 13.1 Å². The van der Waals surface area contributed by atoms with Gasteiger partial charge in [0.05, 0.1) is 5.41 Å². The third kappa shape index (κ3) is 5.89. The van der Waals surface area contributed by atoms with Crippen molar-refractivity contribution in [3.05, 3.63) is 46.2 Å². The quantitative estimate of drug-likeness (QED) is 0.241. The van der Waals surface area contributed by atoms with Crippen LogP contribution in [0.2, 0.25) is 0 Å². The predicted octanol–water partition coefficient (Wildman–Crippen LogP) is 10.8. The Morgan fingerprint density at radius 3 is 2.31 bits per heavy atom. The van der Waals surface area contributed by atoms with Crippen molar-refractivity contribution in [1.29, 1.82) is 0 Å². The van der Waals surface area contributed by atoms with Crippen molar-refractivity contribution < 1.29 is 4.58 Å². The lowest BCUT2D eigenvalue weighted by molar-refractivity contribution is -0.575. The molecule has 5 aliphatic rings. The highest BCUT2D eigenvalue weighted by atomic mass is 35.5. The van der Waals surface area contributed by atoms with Crippen LogP contribution >= 0.6 is 11.6 Å². The molecule has 42 heavy (non-hydrogen) atoms. The molecular weight excluding hydrogens is 532 g/mol. The molecule has 2 saturated carbocycles. The largest absolute Gasteiger partial charge is 0.371 e. The Morgan fingerprint density at radius 2 is 1.57 bits per heavy atom. The van der Waals surface area contributed by atoms with Gasteiger partial charge in [-0.2, -0.15) is 0 Å². The summed E-state index contributed by atoms with van der Waals surface area (Å²) < 4.78 is 2.85. The monoisotopic (exact) mass is 593 g/mol. The van der Waals surface area contributed by atoms with Gasteiger partial charge in [-0.1, -0.05) is 84.1 Å². The molecule has 0 aromatic carbocycles. The fraction of sp³-hybridized carbons (Fsp3) is 0.769. The highest BCUT2D eigenvalue weighted by Crippen LogP contribution is 2.54. The average Bonchev–Trinajstić information content (AvgIpc) is 3.32. The van der Waals surface area contributed by atoms with Crippen LogP contribution in [-0.2, 0) is 0 Å². The van der Waals surface area contributed by atoms with Crippen molar-refractivity contribution in [1.82, 2.24) is 4.90 Å². The second-order valence-corrected chi connectivity index (χ2v) is 15.9. The maximum Gasteiger partial charge on any atom is 0.182 e. The van der Waals surface area contributed by atoms with Crippen LogP contribution in [0.3, 0.4) is 0 Å². The van der Waals surface area contributed by atoms with Crippen LogP contribution in [0.25, 0.3) is 0 Å². The second-order valence-electron chi connectivity index (χ2n) is 15.5. The van der Waals surface area contributed by atoms with Crippen LogP contribution in [0.5, 0.6) is 0 Å². The minimum Gasteiger partial charge on any atom is -0.371 e. The standard InChI is InChI=1S/C39H62ClN2/c1-8-15-30-18-14-20-32-37(30)42(27-10-3)35(39(32,6)7)25-23-29-17-13-16-28(36(29)40)22-24-34-38(4,5)31-19-11-12-21-33(31)41(34)26-9-2/h22-25,30-33,37H,8-21,26-27H2,1-7H3/q+1. The summed E-state index contributed by atoms with van der Waals surface area (Å²) in [5.41, 5.74) is 6.28. The zero-order valence-electron chi connectivity index (χ0n) is 28.3. The summed E-state index contributed by atoms with van der Waals surface area (Å²) in [5, 5.41) is 1.02. The van der Waals surface area contributed by atoms with Gasteiger partial charge in [-0.15, -0.1) is 0 Å². The van der Waals surface area contributed by atoms with E-state index in [0.717, 1.165) is 47.7 Å². The Balaban J connectivity index is 1.45. The second kappa shape index (κ2) is 13.4. The summed E-state index contributed by atoms with van der Waals surface area (Å²) in [6, 6.07) is 1.45. The average molecular weight is 594 g/mol. The van der Waals surface area contributed by atoms with Crippen LogP contribution < -0.4 is 0 Å². The molecule has 0 aromatic heterocycles. The molecule has 5 atom stereocenters. The molecule has 0 aromatic rings. The number of likely N-dealkylation sites (tertiary alicyclic amines) is 1. The molecule has 2 heterocycles. The fourth-order valence-corrected chi connectivity index (χ4v) is 10.5. The van der Waals surface area contributed by atoms with Crippen LogP contribution in [0.1, 0.15) is 138 Å². The first-order valence-electron chi connectivity index (χ1n) is 18.1. The molecule has 0 N–H and O–H groups in total. The van der Waals surface area contributed by atoms with E-state index in [1.54, 1.807) is 11.4 Å². The van der Waals surface area contributed by atoms with Crippen molar-refractivity contribution in [3.8, 4) is 0 Å². The number of allylic oxidation sites excluding steroid dienone is 8. The molecule has 0 bridgehead atoms. The van der Waals surface area contributed by atoms with Crippen molar-refractivity contribution in [2.45, 2.75) is 150 Å². The molecule has 3 aliphatic carbocycles. The highest BCUT2D eigenvalue weighted by molar-refractivity contribution is 6.32. The SMILES string of the molecule is CCCC1CCCC2C1[N+](CCC)=C(/C=C/C1=C(Cl)C(=C/C=C3/N(CCC)C4CCCCC4C3(C)C)/CCC1)C2(C)C. The first-order valence-corrected chi connectivity index (χ1v) is 18.4. The molecule has 0 spiro atoms. The van der Waals surface area contributed by atoms with E-state index < -0.39 is 0 Å². The van der Waals surface area contributed by atoms with Crippen molar-refractivity contribution in [2.24, 2.45) is 28.6 Å². The van der Waals surface area contributed by atoms with E-state index >= 15 is 0 Å². The summed E-state index contributed by atoms with van der Waals surface area (Å²) in [5.74, 6) is 2.41. The third-order valence-electron chi connectivity index (χ3n) is 12.2. The molecule has 5 rings (SSSR count).